The Kier molecular flexibility index (Phi) is 7.83. The molecule has 186 valence electrons. The van der Waals surface area contributed by atoms with E-state index in [1.54, 1.807) is 0 Å². The minimum absolute atomic E-state index is 0.0247. The van der Waals surface area contributed by atoms with Crippen molar-refractivity contribution >= 4 is 25.4 Å². The number of hydrogen-bond acceptors (Lipinski definition) is 4. The molecule has 6 nitrogen and oxygen atoms in total. The maximum Gasteiger partial charge on any atom is 0.410 e. The fourth-order valence-electron chi connectivity index (χ4n) is 4.18. The summed E-state index contributed by atoms with van der Waals surface area (Å²) in [6.45, 7) is 19.4. The van der Waals surface area contributed by atoms with Gasteiger partial charge in [0.1, 0.15) is 6.61 Å². The van der Waals surface area contributed by atoms with Crippen LogP contribution in [0.25, 0.3) is 0 Å². The van der Waals surface area contributed by atoms with Crippen molar-refractivity contribution in [1.29, 1.82) is 0 Å². The van der Waals surface area contributed by atoms with E-state index < -0.39 is 19.3 Å². The van der Waals surface area contributed by atoms with Crippen molar-refractivity contribution in [1.82, 2.24) is 9.62 Å². The van der Waals surface area contributed by atoms with Crippen LogP contribution in [0.4, 0.5) is 4.79 Å². The number of carbonyl (C=O) groups excluding carboxylic acids is 1. The number of ether oxygens (including phenoxy) is 1. The van der Waals surface area contributed by atoms with Crippen LogP contribution in [-0.2, 0) is 26.8 Å². The molecular formula is C25H42N2O4SSi. The molecule has 0 spiro atoms. The van der Waals surface area contributed by atoms with Crippen LogP contribution < -0.4 is 4.72 Å². The normalized spacial score (nSPS) is 24.8. The van der Waals surface area contributed by atoms with Crippen molar-refractivity contribution in [3.63, 3.8) is 0 Å². The fourth-order valence-corrected chi connectivity index (χ4v) is 6.06. The van der Waals surface area contributed by atoms with E-state index >= 15 is 0 Å². The van der Waals surface area contributed by atoms with Gasteiger partial charge in [-0.05, 0) is 62.2 Å². The molecule has 1 amide bonds. The number of piperidine rings is 1. The summed E-state index contributed by atoms with van der Waals surface area (Å²) in [4.78, 5) is 14.4. The molecule has 1 aliphatic carbocycles. The molecule has 33 heavy (non-hydrogen) atoms. The SMILES string of the molecule is CC(C)(C)S(=O)NC(CO[Si](C)(C)C(C)(C)C)C1C2CN(C(=O)OCc3ccccc3)CC21. The number of nitrogens with one attached hydrogen (secondary N) is 1. The number of likely N-dealkylation sites (tertiary alicyclic amines) is 1. The van der Waals surface area contributed by atoms with Gasteiger partial charge in [0.15, 0.2) is 8.32 Å². The van der Waals surface area contributed by atoms with Gasteiger partial charge in [-0.25, -0.2) is 13.7 Å². The highest BCUT2D eigenvalue weighted by Crippen LogP contribution is 2.54. The zero-order chi connectivity index (χ0) is 24.6. The van der Waals surface area contributed by atoms with Crippen molar-refractivity contribution < 1.29 is 18.2 Å². The van der Waals surface area contributed by atoms with Gasteiger partial charge >= 0.3 is 6.09 Å². The van der Waals surface area contributed by atoms with E-state index in [4.69, 9.17) is 9.16 Å². The van der Waals surface area contributed by atoms with Crippen LogP contribution in [0.2, 0.25) is 18.1 Å². The molecule has 3 rings (SSSR count). The first-order chi connectivity index (χ1) is 15.2. The third-order valence-corrected chi connectivity index (χ3v) is 13.6. The lowest BCUT2D eigenvalue weighted by atomic mass is 10.1. The van der Waals surface area contributed by atoms with Gasteiger partial charge in [0.05, 0.1) is 22.3 Å². The van der Waals surface area contributed by atoms with Gasteiger partial charge in [-0.2, -0.15) is 0 Å². The van der Waals surface area contributed by atoms with E-state index in [9.17, 15) is 9.00 Å². The summed E-state index contributed by atoms with van der Waals surface area (Å²) in [5.74, 6) is 1.19. The van der Waals surface area contributed by atoms with E-state index in [1.165, 1.54) is 0 Å². The molecule has 1 heterocycles. The van der Waals surface area contributed by atoms with Crippen LogP contribution in [0, 0.1) is 17.8 Å². The summed E-state index contributed by atoms with van der Waals surface area (Å²) in [5, 5.41) is 0.124. The smallest absolute Gasteiger partial charge is 0.410 e. The molecule has 1 aromatic carbocycles. The fraction of sp³-hybridized carbons (Fsp3) is 0.720. The molecule has 2 fully saturated rings. The Morgan fingerprint density at radius 3 is 2.21 bits per heavy atom. The highest BCUT2D eigenvalue weighted by atomic mass is 32.2. The molecule has 0 aromatic heterocycles. The molecule has 4 unspecified atom stereocenters. The van der Waals surface area contributed by atoms with Crippen molar-refractivity contribution in [2.75, 3.05) is 19.7 Å². The summed E-state index contributed by atoms with van der Waals surface area (Å²) in [7, 11) is -3.08. The quantitative estimate of drug-likeness (QED) is 0.520. The van der Waals surface area contributed by atoms with Crippen LogP contribution in [0.3, 0.4) is 0 Å². The van der Waals surface area contributed by atoms with Crippen LogP contribution in [0.1, 0.15) is 47.1 Å². The third-order valence-electron chi connectivity index (χ3n) is 7.43. The third kappa shape index (κ3) is 6.47. The van der Waals surface area contributed by atoms with Gasteiger partial charge in [0.25, 0.3) is 0 Å². The summed E-state index contributed by atoms with van der Waals surface area (Å²) in [5.41, 5.74) is 0.991. The molecule has 4 atom stereocenters. The molecule has 1 aliphatic heterocycles. The Labute approximate surface area is 203 Å². The van der Waals surface area contributed by atoms with E-state index in [2.05, 4.69) is 38.6 Å². The maximum absolute atomic E-state index is 12.9. The zero-order valence-electron chi connectivity index (χ0n) is 21.5. The van der Waals surface area contributed by atoms with Gasteiger partial charge in [-0.15, -0.1) is 0 Å². The first kappa shape index (κ1) is 26.4. The van der Waals surface area contributed by atoms with Crippen molar-refractivity contribution in [2.24, 2.45) is 17.8 Å². The summed E-state index contributed by atoms with van der Waals surface area (Å²) < 4.78 is 28.0. The molecule has 2 aliphatic rings. The number of rotatable bonds is 8. The van der Waals surface area contributed by atoms with Gasteiger partial charge < -0.3 is 14.1 Å². The number of carbonyl (C=O) groups is 1. The number of amides is 1. The molecule has 0 radical (unpaired) electrons. The average Bonchev–Trinajstić information content (AvgIpc) is 3.20. The molecule has 1 saturated heterocycles. The lowest BCUT2D eigenvalue weighted by molar-refractivity contribution is 0.0971. The molecule has 8 heteroatoms. The zero-order valence-corrected chi connectivity index (χ0v) is 23.3. The number of hydrogen-bond donors (Lipinski definition) is 1. The summed E-state index contributed by atoms with van der Waals surface area (Å²) >= 11 is 0. The molecule has 1 aromatic rings. The predicted molar refractivity (Wildman–Crippen MR) is 137 cm³/mol. The minimum atomic E-state index is -1.92. The lowest BCUT2D eigenvalue weighted by Gasteiger charge is -2.38. The topological polar surface area (TPSA) is 67.9 Å². The number of nitrogens with zero attached hydrogens (tertiary/aromatic N) is 1. The molecule has 1 saturated carbocycles. The average molecular weight is 495 g/mol. The Morgan fingerprint density at radius 2 is 1.70 bits per heavy atom. The van der Waals surface area contributed by atoms with E-state index in [0.29, 0.717) is 44.1 Å². The van der Waals surface area contributed by atoms with Crippen LogP contribution >= 0.6 is 0 Å². The van der Waals surface area contributed by atoms with Gasteiger partial charge in [0.2, 0.25) is 0 Å². The van der Waals surface area contributed by atoms with E-state index in [-0.39, 0.29) is 21.9 Å². The van der Waals surface area contributed by atoms with Crippen molar-refractivity contribution in [2.45, 2.75) is 77.1 Å². The lowest BCUT2D eigenvalue weighted by Crippen LogP contribution is -2.49. The Balaban J connectivity index is 1.58. The van der Waals surface area contributed by atoms with Gasteiger partial charge in [0, 0.05) is 19.1 Å². The first-order valence-electron chi connectivity index (χ1n) is 12.0. The van der Waals surface area contributed by atoms with Crippen molar-refractivity contribution in [3.05, 3.63) is 35.9 Å². The van der Waals surface area contributed by atoms with E-state index in [0.717, 1.165) is 5.56 Å². The predicted octanol–water partition coefficient (Wildman–Crippen LogP) is 4.94. The largest absolute Gasteiger partial charge is 0.445 e. The second-order valence-electron chi connectivity index (χ2n) is 12.0. The highest BCUT2D eigenvalue weighted by Gasteiger charge is 2.60. The van der Waals surface area contributed by atoms with Gasteiger partial charge in [-0.1, -0.05) is 51.1 Å². The Bertz CT molecular complexity index is 838. The summed E-state index contributed by atoms with van der Waals surface area (Å²) in [6.07, 6.45) is -0.245. The first-order valence-corrected chi connectivity index (χ1v) is 16.0. The van der Waals surface area contributed by atoms with Gasteiger partial charge in [-0.3, -0.25) is 0 Å². The highest BCUT2D eigenvalue weighted by molar-refractivity contribution is 7.84. The Morgan fingerprint density at radius 1 is 1.12 bits per heavy atom. The monoisotopic (exact) mass is 494 g/mol. The molecule has 0 bridgehead atoms. The second-order valence-corrected chi connectivity index (χ2v) is 18.8. The second kappa shape index (κ2) is 9.80. The van der Waals surface area contributed by atoms with Crippen LogP contribution in [-0.4, -0.2) is 54.0 Å². The van der Waals surface area contributed by atoms with E-state index in [1.807, 2.05) is 56.0 Å². The van der Waals surface area contributed by atoms with Crippen LogP contribution in [0.5, 0.6) is 0 Å². The standard InChI is InChI=1S/C25H42N2O4SSi/c1-24(2,3)32(29)26-21(17-31-33(7,8)25(4,5)6)22-19-14-27(15-20(19)22)23(28)30-16-18-12-10-9-11-13-18/h9-13,19-22,26H,14-17H2,1-8H3. The summed E-state index contributed by atoms with van der Waals surface area (Å²) in [6, 6.07) is 9.78. The van der Waals surface area contributed by atoms with Crippen LogP contribution in [0.15, 0.2) is 30.3 Å². The molecule has 1 N–H and O–H groups in total. The Hall–Kier alpha value is -1.22. The number of benzene rings is 1. The number of fused-ring (bicyclic) bond motifs is 1. The maximum atomic E-state index is 12.9. The van der Waals surface area contributed by atoms with Crippen molar-refractivity contribution in [3.8, 4) is 0 Å². The molecular weight excluding hydrogens is 452 g/mol. The minimum Gasteiger partial charge on any atom is -0.445 e.